The first kappa shape index (κ1) is 12.7. The van der Waals surface area contributed by atoms with Crippen molar-refractivity contribution >= 4 is 22.8 Å². The standard InChI is InChI=1S/C14H15N3O3/c18-13(17-5-3-9(4-6-17)14(19)20)10-1-2-11-8-15-16-12(11)7-10/h1-2,7-9H,3-6H2,(H,15,16)(H,19,20). The van der Waals surface area contributed by atoms with E-state index in [9.17, 15) is 9.59 Å². The van der Waals surface area contributed by atoms with Crippen LogP contribution < -0.4 is 0 Å². The van der Waals surface area contributed by atoms with Crippen molar-refractivity contribution in [2.45, 2.75) is 12.8 Å². The number of H-pyrrole nitrogens is 1. The van der Waals surface area contributed by atoms with Gasteiger partial charge in [0.25, 0.3) is 5.91 Å². The number of rotatable bonds is 2. The first-order valence-electron chi connectivity index (χ1n) is 6.60. The smallest absolute Gasteiger partial charge is 0.306 e. The normalized spacial score (nSPS) is 16.5. The highest BCUT2D eigenvalue weighted by Gasteiger charge is 2.27. The molecule has 0 saturated carbocycles. The number of fused-ring (bicyclic) bond motifs is 1. The summed E-state index contributed by atoms with van der Waals surface area (Å²) in [4.78, 5) is 25.0. The molecule has 3 rings (SSSR count). The summed E-state index contributed by atoms with van der Waals surface area (Å²) in [5, 5.41) is 16.7. The van der Waals surface area contributed by atoms with Crippen molar-refractivity contribution < 1.29 is 14.7 Å². The van der Waals surface area contributed by atoms with Gasteiger partial charge in [-0.2, -0.15) is 5.10 Å². The lowest BCUT2D eigenvalue weighted by Crippen LogP contribution is -2.40. The summed E-state index contributed by atoms with van der Waals surface area (Å²) < 4.78 is 0. The summed E-state index contributed by atoms with van der Waals surface area (Å²) in [7, 11) is 0. The molecule has 2 N–H and O–H groups in total. The minimum absolute atomic E-state index is 0.0506. The molecule has 1 saturated heterocycles. The summed E-state index contributed by atoms with van der Waals surface area (Å²) in [5.74, 6) is -1.14. The molecule has 0 spiro atoms. The minimum atomic E-state index is -0.768. The van der Waals surface area contributed by atoms with Crippen molar-refractivity contribution in [1.82, 2.24) is 15.1 Å². The molecule has 2 heterocycles. The van der Waals surface area contributed by atoms with Crippen LogP contribution in [0.3, 0.4) is 0 Å². The Labute approximate surface area is 115 Å². The Morgan fingerprint density at radius 2 is 2.05 bits per heavy atom. The van der Waals surface area contributed by atoms with E-state index in [1.807, 2.05) is 6.07 Å². The van der Waals surface area contributed by atoms with Crippen LogP contribution in [0.4, 0.5) is 0 Å². The molecular weight excluding hydrogens is 258 g/mol. The third-order valence-corrected chi connectivity index (χ3v) is 3.82. The monoisotopic (exact) mass is 273 g/mol. The number of piperidine rings is 1. The Morgan fingerprint density at radius 1 is 1.30 bits per heavy atom. The molecule has 1 amide bonds. The number of hydrogen-bond donors (Lipinski definition) is 2. The number of nitrogens with zero attached hydrogens (tertiary/aromatic N) is 2. The molecule has 1 fully saturated rings. The molecule has 6 heteroatoms. The Bertz CT molecular complexity index is 656. The van der Waals surface area contributed by atoms with Crippen LogP contribution in [0.15, 0.2) is 24.4 Å². The fraction of sp³-hybridized carbons (Fsp3) is 0.357. The second-order valence-corrected chi connectivity index (χ2v) is 5.08. The predicted octanol–water partition coefficient (Wildman–Crippen LogP) is 1.50. The molecule has 0 radical (unpaired) electrons. The molecule has 1 aliphatic rings. The topological polar surface area (TPSA) is 86.3 Å². The number of carboxylic acids is 1. The number of likely N-dealkylation sites (tertiary alicyclic amines) is 1. The minimum Gasteiger partial charge on any atom is -0.481 e. The van der Waals surface area contributed by atoms with Crippen LogP contribution in [-0.2, 0) is 4.79 Å². The number of carbonyl (C=O) groups is 2. The number of carbonyl (C=O) groups excluding carboxylic acids is 1. The number of amides is 1. The SMILES string of the molecule is O=C(O)C1CCN(C(=O)c2ccc3cn[nH]c3c2)CC1. The van der Waals surface area contributed by atoms with Gasteiger partial charge < -0.3 is 10.0 Å². The molecule has 1 aromatic carbocycles. The van der Waals surface area contributed by atoms with Crippen LogP contribution in [0.5, 0.6) is 0 Å². The van der Waals surface area contributed by atoms with Crippen LogP contribution in [-0.4, -0.2) is 45.2 Å². The Hall–Kier alpha value is -2.37. The van der Waals surface area contributed by atoms with Gasteiger partial charge in [0, 0.05) is 24.0 Å². The maximum Gasteiger partial charge on any atom is 0.306 e. The summed E-state index contributed by atoms with van der Waals surface area (Å²) >= 11 is 0. The van der Waals surface area contributed by atoms with Gasteiger partial charge in [-0.05, 0) is 25.0 Å². The van der Waals surface area contributed by atoms with Crippen LogP contribution in [0.25, 0.3) is 10.9 Å². The summed E-state index contributed by atoms with van der Waals surface area (Å²) in [6, 6.07) is 5.42. The highest BCUT2D eigenvalue weighted by Crippen LogP contribution is 2.20. The maximum atomic E-state index is 12.4. The number of aromatic nitrogens is 2. The van der Waals surface area contributed by atoms with Gasteiger partial charge in [-0.25, -0.2) is 0 Å². The number of benzene rings is 1. The molecule has 104 valence electrons. The fourth-order valence-electron chi connectivity index (χ4n) is 2.58. The third kappa shape index (κ3) is 2.24. The molecule has 2 aromatic rings. The maximum absolute atomic E-state index is 12.4. The second-order valence-electron chi connectivity index (χ2n) is 5.08. The second kappa shape index (κ2) is 4.96. The Morgan fingerprint density at radius 3 is 2.75 bits per heavy atom. The van der Waals surface area contributed by atoms with Crippen molar-refractivity contribution in [1.29, 1.82) is 0 Å². The first-order valence-corrected chi connectivity index (χ1v) is 6.60. The quantitative estimate of drug-likeness (QED) is 0.868. The van der Waals surface area contributed by atoms with Gasteiger partial charge in [-0.15, -0.1) is 0 Å². The molecule has 20 heavy (non-hydrogen) atoms. The van der Waals surface area contributed by atoms with Gasteiger partial charge in [-0.3, -0.25) is 14.7 Å². The molecular formula is C14H15N3O3. The van der Waals surface area contributed by atoms with Crippen molar-refractivity contribution in [3.8, 4) is 0 Å². The van der Waals surface area contributed by atoms with E-state index < -0.39 is 5.97 Å². The lowest BCUT2D eigenvalue weighted by molar-refractivity contribution is -0.143. The largest absolute Gasteiger partial charge is 0.481 e. The highest BCUT2D eigenvalue weighted by molar-refractivity contribution is 5.97. The average molecular weight is 273 g/mol. The first-order chi connectivity index (χ1) is 9.65. The van der Waals surface area contributed by atoms with E-state index >= 15 is 0 Å². The lowest BCUT2D eigenvalue weighted by atomic mass is 9.96. The Kier molecular flexibility index (Phi) is 3.14. The van der Waals surface area contributed by atoms with Gasteiger partial charge in [0.2, 0.25) is 0 Å². The van der Waals surface area contributed by atoms with Gasteiger partial charge in [-0.1, -0.05) is 6.07 Å². The van der Waals surface area contributed by atoms with Crippen LogP contribution in [0.1, 0.15) is 23.2 Å². The van der Waals surface area contributed by atoms with E-state index in [0.717, 1.165) is 10.9 Å². The molecule has 0 aliphatic carbocycles. The molecule has 1 aliphatic heterocycles. The number of nitrogens with one attached hydrogen (secondary N) is 1. The van der Waals surface area contributed by atoms with Crippen molar-refractivity contribution in [2.75, 3.05) is 13.1 Å². The van der Waals surface area contributed by atoms with Crippen molar-refractivity contribution in [3.05, 3.63) is 30.0 Å². The molecule has 0 bridgehead atoms. The van der Waals surface area contributed by atoms with Crippen molar-refractivity contribution in [3.63, 3.8) is 0 Å². The highest BCUT2D eigenvalue weighted by atomic mass is 16.4. The van der Waals surface area contributed by atoms with Gasteiger partial charge in [0.1, 0.15) is 0 Å². The third-order valence-electron chi connectivity index (χ3n) is 3.82. The molecule has 6 nitrogen and oxygen atoms in total. The summed E-state index contributed by atoms with van der Waals surface area (Å²) in [6.07, 6.45) is 2.75. The Balaban J connectivity index is 1.74. The molecule has 1 aromatic heterocycles. The lowest BCUT2D eigenvalue weighted by Gasteiger charge is -2.30. The number of hydrogen-bond acceptors (Lipinski definition) is 3. The predicted molar refractivity (Wildman–Crippen MR) is 72.4 cm³/mol. The fourth-order valence-corrected chi connectivity index (χ4v) is 2.58. The number of aliphatic carboxylic acids is 1. The number of aromatic amines is 1. The van der Waals surface area contributed by atoms with Crippen LogP contribution in [0.2, 0.25) is 0 Å². The van der Waals surface area contributed by atoms with E-state index in [4.69, 9.17) is 5.11 Å². The molecule has 0 unspecified atom stereocenters. The average Bonchev–Trinajstić information content (AvgIpc) is 2.94. The zero-order chi connectivity index (χ0) is 14.1. The van der Waals surface area contributed by atoms with E-state index in [-0.39, 0.29) is 11.8 Å². The van der Waals surface area contributed by atoms with Gasteiger partial charge >= 0.3 is 5.97 Å². The van der Waals surface area contributed by atoms with E-state index in [1.54, 1.807) is 23.2 Å². The van der Waals surface area contributed by atoms with E-state index in [2.05, 4.69) is 10.2 Å². The zero-order valence-electron chi connectivity index (χ0n) is 10.9. The van der Waals surface area contributed by atoms with E-state index in [0.29, 0.717) is 31.5 Å². The van der Waals surface area contributed by atoms with Gasteiger partial charge in [0.05, 0.1) is 17.6 Å². The summed E-state index contributed by atoms with van der Waals surface area (Å²) in [6.45, 7) is 0.994. The van der Waals surface area contributed by atoms with Crippen LogP contribution >= 0.6 is 0 Å². The zero-order valence-corrected chi connectivity index (χ0v) is 10.9. The van der Waals surface area contributed by atoms with Gasteiger partial charge in [0.15, 0.2) is 0 Å². The van der Waals surface area contributed by atoms with Crippen LogP contribution in [0, 0.1) is 5.92 Å². The number of carboxylic acid groups (broad SMARTS) is 1. The van der Waals surface area contributed by atoms with Crippen molar-refractivity contribution in [2.24, 2.45) is 5.92 Å². The molecule has 0 atom stereocenters. The van der Waals surface area contributed by atoms with E-state index in [1.165, 1.54) is 0 Å². The summed E-state index contributed by atoms with van der Waals surface area (Å²) in [5.41, 5.74) is 1.44.